The predicted octanol–water partition coefficient (Wildman–Crippen LogP) is 5.13. The van der Waals surface area contributed by atoms with Crippen molar-refractivity contribution in [2.45, 2.75) is 31.0 Å². The van der Waals surface area contributed by atoms with Crippen LogP contribution in [0.2, 0.25) is 10.0 Å². The lowest BCUT2D eigenvalue weighted by molar-refractivity contribution is -0.142. The Kier molecular flexibility index (Phi) is 9.26. The average molecular weight is 563 g/mol. The van der Waals surface area contributed by atoms with Gasteiger partial charge in [0.25, 0.3) is 0 Å². The quantitative estimate of drug-likeness (QED) is 0.212. The standard InChI is InChI=1S/C26H29Cl2N5O3S/c1-32(22-14-29-26(30-15-22)37(3)35)24-9-18(8-23(31-24)19-11-20(27)13-21(28)12-19)16-33-6-4-17(5-7-33)10-25(34)36-2/h8-9,11-15,17H,4-7,10,16H2,1-3H3. The number of esters is 1. The van der Waals surface area contributed by atoms with Gasteiger partial charge in [0, 0.05) is 46.8 Å². The first-order valence-corrected chi connectivity index (χ1v) is 14.2. The van der Waals surface area contributed by atoms with Gasteiger partial charge in [-0.25, -0.2) is 4.98 Å². The molecule has 37 heavy (non-hydrogen) atoms. The second kappa shape index (κ2) is 12.4. The molecule has 1 aromatic carbocycles. The van der Waals surface area contributed by atoms with E-state index in [0.29, 0.717) is 28.2 Å². The van der Waals surface area contributed by atoms with Gasteiger partial charge < -0.3 is 14.2 Å². The first-order valence-electron chi connectivity index (χ1n) is 11.9. The fourth-order valence-corrected chi connectivity index (χ4v) is 5.30. The molecule has 0 saturated carbocycles. The number of carbonyl (C=O) groups excluding carboxylic acids is 1. The Hall–Kier alpha value is -2.43. The smallest absolute Gasteiger partial charge is 0.342 e. The number of benzene rings is 1. The van der Waals surface area contributed by atoms with Crippen LogP contribution in [0.15, 0.2) is 47.9 Å². The number of hydrogen-bond acceptors (Lipinski definition) is 8. The Balaban J connectivity index is 1.60. The number of halogens is 2. The van der Waals surface area contributed by atoms with E-state index >= 15 is 0 Å². The minimum atomic E-state index is -1.26. The molecular weight excluding hydrogens is 533 g/mol. The second-order valence-corrected chi connectivity index (χ2v) is 11.3. The van der Waals surface area contributed by atoms with E-state index in [1.54, 1.807) is 24.7 Å². The molecule has 0 amide bonds. The summed E-state index contributed by atoms with van der Waals surface area (Å²) in [6.07, 6.45) is 7.20. The van der Waals surface area contributed by atoms with Crippen LogP contribution < -0.4 is 4.90 Å². The highest BCUT2D eigenvalue weighted by Gasteiger charge is 2.23. The second-order valence-electron chi connectivity index (χ2n) is 9.11. The topological polar surface area (TPSA) is 94.5 Å². The van der Waals surface area contributed by atoms with Gasteiger partial charge in [-0.3, -0.25) is 9.69 Å². The van der Waals surface area contributed by atoms with Crippen LogP contribution in [0.25, 0.3) is 11.3 Å². The fourth-order valence-electron chi connectivity index (χ4n) is 4.37. The van der Waals surface area contributed by atoms with E-state index in [1.807, 2.05) is 30.1 Å². The summed E-state index contributed by atoms with van der Waals surface area (Å²) in [5.74, 6) is 0.915. The van der Waals surface area contributed by atoms with Crippen molar-refractivity contribution < 1.29 is 14.1 Å². The summed E-state index contributed by atoms with van der Waals surface area (Å²) >= 11 is 11.3. The molecule has 1 fully saturated rings. The van der Waals surface area contributed by atoms with E-state index in [9.17, 15) is 9.35 Å². The zero-order valence-electron chi connectivity index (χ0n) is 21.0. The molecule has 0 bridgehead atoms. The number of carbonyl (C=O) groups is 1. The van der Waals surface area contributed by atoms with Crippen LogP contribution >= 0.6 is 23.2 Å². The SMILES string of the molecule is COC(=O)CC1CCN(Cc2cc(-c3cc(Cl)cc(Cl)c3)nc(N(C)c3cnc([S+](C)[O-])nc3)c2)CC1. The molecule has 0 aliphatic carbocycles. The maximum atomic E-state index is 11.7. The monoisotopic (exact) mass is 561 g/mol. The molecule has 196 valence electrons. The van der Waals surface area contributed by atoms with Crippen molar-refractivity contribution in [3.8, 4) is 11.3 Å². The van der Waals surface area contributed by atoms with Gasteiger partial charge >= 0.3 is 11.1 Å². The number of aromatic nitrogens is 3. The van der Waals surface area contributed by atoms with Crippen LogP contribution in [0.1, 0.15) is 24.8 Å². The molecule has 3 heterocycles. The zero-order valence-corrected chi connectivity index (χ0v) is 23.3. The zero-order chi connectivity index (χ0) is 26.5. The van der Waals surface area contributed by atoms with E-state index in [4.69, 9.17) is 32.9 Å². The first kappa shape index (κ1) is 27.6. The number of hydrogen-bond donors (Lipinski definition) is 0. The summed E-state index contributed by atoms with van der Waals surface area (Å²) in [5, 5.41) is 1.35. The Morgan fingerprint density at radius 1 is 1.14 bits per heavy atom. The summed E-state index contributed by atoms with van der Waals surface area (Å²) in [7, 11) is 3.33. The third-order valence-corrected chi connectivity index (χ3v) is 7.59. The Bertz CT molecular complexity index is 1220. The van der Waals surface area contributed by atoms with Crippen molar-refractivity contribution in [1.82, 2.24) is 19.9 Å². The minimum absolute atomic E-state index is 0.146. The predicted molar refractivity (Wildman–Crippen MR) is 147 cm³/mol. The molecule has 0 N–H and O–H groups in total. The summed E-state index contributed by atoms with van der Waals surface area (Å²) < 4.78 is 16.5. The lowest BCUT2D eigenvalue weighted by atomic mass is 9.93. The van der Waals surface area contributed by atoms with Crippen molar-refractivity contribution in [1.29, 1.82) is 0 Å². The molecule has 1 atom stereocenters. The van der Waals surface area contributed by atoms with Crippen molar-refractivity contribution in [2.24, 2.45) is 5.92 Å². The maximum absolute atomic E-state index is 11.7. The van der Waals surface area contributed by atoms with E-state index in [1.165, 1.54) is 7.11 Å². The molecule has 1 aliphatic heterocycles. The van der Waals surface area contributed by atoms with Crippen LogP contribution in [0.5, 0.6) is 0 Å². The van der Waals surface area contributed by atoms with Gasteiger partial charge in [0.05, 0.1) is 30.9 Å². The largest absolute Gasteiger partial charge is 0.609 e. The molecule has 8 nitrogen and oxygen atoms in total. The average Bonchev–Trinajstić information content (AvgIpc) is 2.88. The third kappa shape index (κ3) is 7.33. The third-order valence-electron chi connectivity index (χ3n) is 6.43. The lowest BCUT2D eigenvalue weighted by Crippen LogP contribution is -2.34. The number of nitrogens with zero attached hydrogens (tertiary/aromatic N) is 5. The number of anilines is 2. The van der Waals surface area contributed by atoms with Crippen LogP contribution in [0.3, 0.4) is 0 Å². The van der Waals surface area contributed by atoms with Gasteiger partial charge in [0.1, 0.15) is 12.1 Å². The van der Waals surface area contributed by atoms with Crippen molar-refractivity contribution >= 4 is 51.9 Å². The molecule has 2 aromatic heterocycles. The number of methoxy groups -OCH3 is 1. The molecule has 0 spiro atoms. The molecule has 1 unspecified atom stereocenters. The van der Waals surface area contributed by atoms with Crippen molar-refractivity contribution in [2.75, 3.05) is 38.4 Å². The highest BCUT2D eigenvalue weighted by Crippen LogP contribution is 2.31. The summed E-state index contributed by atoms with van der Waals surface area (Å²) in [5.41, 5.74) is 3.37. The van der Waals surface area contributed by atoms with E-state index < -0.39 is 11.2 Å². The number of rotatable bonds is 8. The van der Waals surface area contributed by atoms with Gasteiger partial charge in [0.15, 0.2) is 0 Å². The maximum Gasteiger partial charge on any atom is 0.342 e. The first-order chi connectivity index (χ1) is 17.7. The molecule has 11 heteroatoms. The summed E-state index contributed by atoms with van der Waals surface area (Å²) in [4.78, 5) is 29.3. The summed E-state index contributed by atoms with van der Waals surface area (Å²) in [6, 6.07) is 9.48. The molecule has 4 rings (SSSR count). The Morgan fingerprint density at radius 3 is 2.38 bits per heavy atom. The van der Waals surface area contributed by atoms with Gasteiger partial charge in [-0.15, -0.1) is 0 Å². The normalized spacial score (nSPS) is 15.4. The van der Waals surface area contributed by atoms with Crippen LogP contribution in [-0.2, 0) is 27.3 Å². The Morgan fingerprint density at radius 2 is 1.78 bits per heavy atom. The molecule has 3 aromatic rings. The fraction of sp³-hybridized carbons (Fsp3) is 0.385. The number of piperidine rings is 1. The van der Waals surface area contributed by atoms with Crippen molar-refractivity contribution in [3.63, 3.8) is 0 Å². The van der Waals surface area contributed by atoms with E-state index in [0.717, 1.165) is 55.0 Å². The van der Waals surface area contributed by atoms with Gasteiger partial charge in [-0.1, -0.05) is 23.2 Å². The number of likely N-dealkylation sites (tertiary alicyclic amines) is 1. The van der Waals surface area contributed by atoms with E-state index in [-0.39, 0.29) is 11.1 Å². The Labute approximate surface area is 230 Å². The molecule has 1 aliphatic rings. The van der Waals surface area contributed by atoms with Crippen LogP contribution in [0.4, 0.5) is 11.5 Å². The number of ether oxygens (including phenoxy) is 1. The van der Waals surface area contributed by atoms with E-state index in [2.05, 4.69) is 20.9 Å². The number of pyridine rings is 1. The van der Waals surface area contributed by atoms with Crippen LogP contribution in [-0.4, -0.2) is 63.9 Å². The molecular formula is C26H29Cl2N5O3S. The highest BCUT2D eigenvalue weighted by atomic mass is 35.5. The van der Waals surface area contributed by atoms with Crippen molar-refractivity contribution in [3.05, 3.63) is 58.3 Å². The minimum Gasteiger partial charge on any atom is -0.609 e. The van der Waals surface area contributed by atoms with Gasteiger partial charge in [-0.05, 0) is 67.7 Å². The highest BCUT2D eigenvalue weighted by molar-refractivity contribution is 7.90. The van der Waals surface area contributed by atoms with Gasteiger partial charge in [-0.2, -0.15) is 9.97 Å². The summed E-state index contributed by atoms with van der Waals surface area (Å²) in [6.45, 7) is 2.54. The molecule has 1 saturated heterocycles. The van der Waals surface area contributed by atoms with Gasteiger partial charge in [0.2, 0.25) is 0 Å². The van der Waals surface area contributed by atoms with Crippen LogP contribution in [0, 0.1) is 5.92 Å². The lowest BCUT2D eigenvalue weighted by Gasteiger charge is -2.31. The molecule has 0 radical (unpaired) electrons.